The van der Waals surface area contributed by atoms with Crippen LogP contribution >= 0.6 is 0 Å². The maximum absolute atomic E-state index is 5.36. The lowest BCUT2D eigenvalue weighted by molar-refractivity contribution is 0.301. The van der Waals surface area contributed by atoms with Crippen LogP contribution < -0.4 is 5.32 Å². The smallest absolute Gasteiger partial charge is 0.120 e. The molecule has 2 rings (SSSR count). The predicted octanol–water partition coefficient (Wildman–Crippen LogP) is 2.48. The zero-order valence-electron chi connectivity index (χ0n) is 7.42. The summed E-state index contributed by atoms with van der Waals surface area (Å²) in [6.07, 6.45) is 5.55. The van der Waals surface area contributed by atoms with E-state index in [1.54, 1.807) is 6.26 Å². The van der Waals surface area contributed by atoms with Gasteiger partial charge in [-0.15, -0.1) is 0 Å². The van der Waals surface area contributed by atoms with E-state index in [0.29, 0.717) is 12.1 Å². The Bertz CT molecular complexity index is 230. The molecule has 12 heavy (non-hydrogen) atoms. The molecule has 1 fully saturated rings. The van der Waals surface area contributed by atoms with Crippen molar-refractivity contribution in [2.75, 3.05) is 0 Å². The van der Waals surface area contributed by atoms with Gasteiger partial charge in [-0.05, 0) is 38.3 Å². The van der Waals surface area contributed by atoms with E-state index in [9.17, 15) is 0 Å². The molecule has 2 atom stereocenters. The van der Waals surface area contributed by atoms with Crippen molar-refractivity contribution in [3.05, 3.63) is 24.2 Å². The first-order chi connectivity index (χ1) is 5.86. The summed E-state index contributed by atoms with van der Waals surface area (Å²) in [6, 6.07) is 5.09. The Morgan fingerprint density at radius 2 is 2.42 bits per heavy atom. The van der Waals surface area contributed by atoms with Crippen LogP contribution in [-0.4, -0.2) is 6.04 Å². The van der Waals surface area contributed by atoms with Crippen molar-refractivity contribution in [1.29, 1.82) is 0 Å². The summed E-state index contributed by atoms with van der Waals surface area (Å²) >= 11 is 0. The molecular weight excluding hydrogens is 150 g/mol. The fourth-order valence-electron chi connectivity index (χ4n) is 1.85. The zero-order valence-corrected chi connectivity index (χ0v) is 7.42. The average Bonchev–Trinajstić information content (AvgIpc) is 2.56. The summed E-state index contributed by atoms with van der Waals surface area (Å²) in [5.41, 5.74) is 0. The van der Waals surface area contributed by atoms with Gasteiger partial charge in [-0.3, -0.25) is 0 Å². The second-order valence-corrected chi connectivity index (χ2v) is 3.57. The zero-order chi connectivity index (χ0) is 8.39. The molecule has 2 nitrogen and oxygen atoms in total. The van der Waals surface area contributed by atoms with Gasteiger partial charge in [-0.25, -0.2) is 0 Å². The molecule has 1 N–H and O–H groups in total. The quantitative estimate of drug-likeness (QED) is 0.691. The lowest BCUT2D eigenvalue weighted by Gasteiger charge is -2.27. The van der Waals surface area contributed by atoms with E-state index in [0.717, 1.165) is 5.76 Å². The molecule has 0 bridgehead atoms. The topological polar surface area (TPSA) is 25.2 Å². The summed E-state index contributed by atoms with van der Waals surface area (Å²) in [5, 5.41) is 3.52. The lowest BCUT2D eigenvalue weighted by Crippen LogP contribution is -2.34. The van der Waals surface area contributed by atoms with Crippen molar-refractivity contribution in [2.24, 2.45) is 0 Å². The Hall–Kier alpha value is -0.760. The normalized spacial score (nSPS) is 30.4. The summed E-state index contributed by atoms with van der Waals surface area (Å²) in [7, 11) is 0. The Balaban J connectivity index is 2.04. The van der Waals surface area contributed by atoms with Crippen LogP contribution in [0.4, 0.5) is 0 Å². The molecular formula is C10H15NO. The number of nitrogens with one attached hydrogen (secondary N) is 1. The van der Waals surface area contributed by atoms with Crippen LogP contribution in [0.15, 0.2) is 22.8 Å². The van der Waals surface area contributed by atoms with Crippen LogP contribution in [0.3, 0.4) is 0 Å². The van der Waals surface area contributed by atoms with E-state index >= 15 is 0 Å². The highest BCUT2D eigenvalue weighted by Crippen LogP contribution is 2.25. The molecule has 2 heterocycles. The maximum Gasteiger partial charge on any atom is 0.120 e. The lowest BCUT2D eigenvalue weighted by atomic mass is 9.98. The van der Waals surface area contributed by atoms with Crippen LogP contribution in [-0.2, 0) is 0 Å². The molecule has 2 heteroatoms. The molecule has 1 aromatic rings. The molecule has 0 saturated carbocycles. The minimum absolute atomic E-state index is 0.448. The van der Waals surface area contributed by atoms with Crippen molar-refractivity contribution in [2.45, 2.75) is 38.3 Å². The second kappa shape index (κ2) is 3.31. The van der Waals surface area contributed by atoms with E-state index < -0.39 is 0 Å². The highest BCUT2D eigenvalue weighted by Gasteiger charge is 2.20. The minimum atomic E-state index is 0.448. The van der Waals surface area contributed by atoms with E-state index in [1.807, 2.05) is 6.07 Å². The Labute approximate surface area is 73.0 Å². The van der Waals surface area contributed by atoms with Gasteiger partial charge in [0.05, 0.1) is 12.3 Å². The molecule has 0 spiro atoms. The molecule has 0 amide bonds. The van der Waals surface area contributed by atoms with E-state index in [2.05, 4.69) is 18.3 Å². The highest BCUT2D eigenvalue weighted by atomic mass is 16.3. The first-order valence-corrected chi connectivity index (χ1v) is 4.66. The molecule has 1 aromatic heterocycles. The third-order valence-corrected chi connectivity index (χ3v) is 2.50. The van der Waals surface area contributed by atoms with Gasteiger partial charge in [-0.1, -0.05) is 0 Å². The first-order valence-electron chi connectivity index (χ1n) is 4.66. The highest BCUT2D eigenvalue weighted by molar-refractivity contribution is 5.05. The van der Waals surface area contributed by atoms with Gasteiger partial charge in [0.15, 0.2) is 0 Å². The number of rotatable bonds is 1. The molecule has 1 aliphatic heterocycles. The Morgan fingerprint density at radius 1 is 1.50 bits per heavy atom. The van der Waals surface area contributed by atoms with Gasteiger partial charge >= 0.3 is 0 Å². The summed E-state index contributed by atoms with van der Waals surface area (Å²) in [5.74, 6) is 1.08. The van der Waals surface area contributed by atoms with Crippen LogP contribution in [0.2, 0.25) is 0 Å². The number of piperidine rings is 1. The summed E-state index contributed by atoms with van der Waals surface area (Å²) in [6.45, 7) is 2.23. The summed E-state index contributed by atoms with van der Waals surface area (Å²) < 4.78 is 5.36. The maximum atomic E-state index is 5.36. The fourth-order valence-corrected chi connectivity index (χ4v) is 1.85. The average molecular weight is 165 g/mol. The van der Waals surface area contributed by atoms with Crippen molar-refractivity contribution in [3.8, 4) is 0 Å². The molecule has 0 aromatic carbocycles. The van der Waals surface area contributed by atoms with Gasteiger partial charge in [0.2, 0.25) is 0 Å². The monoisotopic (exact) mass is 165 g/mol. The number of hydrogen-bond acceptors (Lipinski definition) is 2. The van der Waals surface area contributed by atoms with Crippen LogP contribution in [0, 0.1) is 0 Å². The van der Waals surface area contributed by atoms with E-state index in [-0.39, 0.29) is 0 Å². The third-order valence-electron chi connectivity index (χ3n) is 2.50. The Morgan fingerprint density at radius 3 is 3.08 bits per heavy atom. The molecule has 0 radical (unpaired) electrons. The minimum Gasteiger partial charge on any atom is -0.468 e. The third kappa shape index (κ3) is 1.53. The van der Waals surface area contributed by atoms with Gasteiger partial charge in [0.25, 0.3) is 0 Å². The molecule has 66 valence electrons. The fraction of sp³-hybridized carbons (Fsp3) is 0.600. The predicted molar refractivity (Wildman–Crippen MR) is 47.9 cm³/mol. The van der Waals surface area contributed by atoms with Crippen molar-refractivity contribution in [3.63, 3.8) is 0 Å². The van der Waals surface area contributed by atoms with Crippen LogP contribution in [0.5, 0.6) is 0 Å². The van der Waals surface area contributed by atoms with Gasteiger partial charge in [0.1, 0.15) is 5.76 Å². The molecule has 1 aliphatic rings. The molecule has 2 unspecified atom stereocenters. The number of hydrogen-bond donors (Lipinski definition) is 1. The standard InChI is InChI=1S/C10H15NO/c1-8-4-2-5-9(11-8)10-6-3-7-12-10/h3,6-9,11H,2,4-5H2,1H3. The summed E-state index contributed by atoms with van der Waals surface area (Å²) in [4.78, 5) is 0. The van der Waals surface area contributed by atoms with E-state index in [1.165, 1.54) is 19.3 Å². The van der Waals surface area contributed by atoms with Crippen LogP contribution in [0.1, 0.15) is 38.0 Å². The van der Waals surface area contributed by atoms with Gasteiger partial charge < -0.3 is 9.73 Å². The van der Waals surface area contributed by atoms with Crippen molar-refractivity contribution in [1.82, 2.24) is 5.32 Å². The Kier molecular flexibility index (Phi) is 2.17. The van der Waals surface area contributed by atoms with Crippen molar-refractivity contribution < 1.29 is 4.42 Å². The largest absolute Gasteiger partial charge is 0.468 e. The van der Waals surface area contributed by atoms with Gasteiger partial charge in [0, 0.05) is 6.04 Å². The second-order valence-electron chi connectivity index (χ2n) is 3.57. The van der Waals surface area contributed by atoms with Crippen LogP contribution in [0.25, 0.3) is 0 Å². The van der Waals surface area contributed by atoms with Gasteiger partial charge in [-0.2, -0.15) is 0 Å². The van der Waals surface area contributed by atoms with E-state index in [4.69, 9.17) is 4.42 Å². The molecule has 1 saturated heterocycles. The first kappa shape index (κ1) is 7.87. The number of furan rings is 1. The SMILES string of the molecule is CC1CCCC(c2ccco2)N1. The molecule has 0 aliphatic carbocycles. The van der Waals surface area contributed by atoms with Crippen molar-refractivity contribution >= 4 is 0 Å².